The minimum atomic E-state index is -3.77. The summed E-state index contributed by atoms with van der Waals surface area (Å²) >= 11 is 0. The number of carbonyl (C=O) groups excluding carboxylic acids is 1. The minimum absolute atomic E-state index is 0.213. The lowest BCUT2D eigenvalue weighted by atomic mass is 10.5. The second kappa shape index (κ2) is 8.38. The monoisotopic (exact) mass is 269 g/mol. The van der Waals surface area contributed by atoms with Gasteiger partial charge in [-0.1, -0.05) is 6.58 Å². The normalized spacial score (nSPS) is 14.2. The molecule has 0 heterocycles. The molecule has 1 N–H and O–H groups in total. The van der Waals surface area contributed by atoms with Crippen molar-refractivity contribution in [2.24, 2.45) is 0 Å². The fourth-order valence-corrected chi connectivity index (χ4v) is 0.901. The molecule has 0 aliphatic carbocycles. The molecule has 0 spiro atoms. The Morgan fingerprint density at radius 3 is 2.18 bits per heavy atom. The highest BCUT2D eigenvalue weighted by molar-refractivity contribution is 7.47. The highest BCUT2D eigenvalue weighted by atomic mass is 31.2. The van der Waals surface area contributed by atoms with Gasteiger partial charge in [-0.15, -0.1) is 0 Å². The largest absolute Gasteiger partial charge is 0.545 e. The summed E-state index contributed by atoms with van der Waals surface area (Å²) in [5.74, 6) is -1.23. The molecule has 7 nitrogen and oxygen atoms in total. The van der Waals surface area contributed by atoms with Crippen molar-refractivity contribution in [3.63, 3.8) is 0 Å². The summed E-state index contributed by atoms with van der Waals surface area (Å²) in [6.45, 7) is 3.77. The quantitative estimate of drug-likeness (QED) is 0.392. The summed E-state index contributed by atoms with van der Waals surface area (Å²) in [6, 6.07) is 0. The van der Waals surface area contributed by atoms with Crippen molar-refractivity contribution >= 4 is 13.8 Å². The average molecular weight is 269 g/mol. The molecule has 0 aromatic heterocycles. The molecule has 1 atom stereocenters. The van der Waals surface area contributed by atoms with Gasteiger partial charge < -0.3 is 19.3 Å². The SMILES string of the molecule is C=CC(=O)[O-].COP(=O)(O)OCC[N+](C)(C)C. The smallest absolute Gasteiger partial charge is 0.472 e. The molecule has 0 radical (unpaired) electrons. The number of carboxylic acid groups (broad SMARTS) is 1. The van der Waals surface area contributed by atoms with Crippen molar-refractivity contribution < 1.29 is 32.9 Å². The van der Waals surface area contributed by atoms with Gasteiger partial charge in [-0.2, -0.15) is 0 Å². The Labute approximate surface area is 101 Å². The second-order valence-corrected chi connectivity index (χ2v) is 5.58. The van der Waals surface area contributed by atoms with Crippen LogP contribution in [0.4, 0.5) is 0 Å². The van der Waals surface area contributed by atoms with E-state index in [9.17, 15) is 4.57 Å². The van der Waals surface area contributed by atoms with Gasteiger partial charge in [0.25, 0.3) is 0 Å². The lowest BCUT2D eigenvalue weighted by molar-refractivity contribution is -0.870. The van der Waals surface area contributed by atoms with Crippen LogP contribution in [0, 0.1) is 0 Å². The first-order chi connectivity index (χ1) is 7.54. The Morgan fingerprint density at radius 1 is 1.53 bits per heavy atom. The highest BCUT2D eigenvalue weighted by Crippen LogP contribution is 2.41. The van der Waals surface area contributed by atoms with Gasteiger partial charge in [0.1, 0.15) is 13.2 Å². The number of aliphatic carboxylic acids is 1. The molecule has 0 rings (SSSR count). The fourth-order valence-electron chi connectivity index (χ4n) is 0.483. The van der Waals surface area contributed by atoms with Gasteiger partial charge in [0, 0.05) is 7.11 Å². The van der Waals surface area contributed by atoms with Crippen molar-refractivity contribution in [1.29, 1.82) is 0 Å². The van der Waals surface area contributed by atoms with Gasteiger partial charge in [0.2, 0.25) is 0 Å². The molecular formula is C9H20NO6P. The molecule has 0 saturated carbocycles. The van der Waals surface area contributed by atoms with Crippen LogP contribution in [-0.2, 0) is 18.4 Å². The Kier molecular flexibility index (Phi) is 9.19. The van der Waals surface area contributed by atoms with Crippen LogP contribution in [0.15, 0.2) is 12.7 Å². The maximum atomic E-state index is 10.8. The minimum Gasteiger partial charge on any atom is -0.545 e. The van der Waals surface area contributed by atoms with E-state index in [4.69, 9.17) is 14.8 Å². The lowest BCUT2D eigenvalue weighted by Gasteiger charge is -2.23. The summed E-state index contributed by atoms with van der Waals surface area (Å²) in [5, 5.41) is 9.14. The Bertz CT molecular complexity index is 286. The zero-order valence-electron chi connectivity index (χ0n) is 10.6. The maximum absolute atomic E-state index is 10.8. The van der Waals surface area contributed by atoms with Crippen LogP contribution in [0.3, 0.4) is 0 Å². The summed E-state index contributed by atoms with van der Waals surface area (Å²) in [5.41, 5.74) is 0. The van der Waals surface area contributed by atoms with Crippen LogP contribution < -0.4 is 5.11 Å². The average Bonchev–Trinajstić information content (AvgIpc) is 2.16. The number of phosphoric ester groups is 1. The van der Waals surface area contributed by atoms with Gasteiger partial charge in [-0.3, -0.25) is 9.05 Å². The zero-order chi connectivity index (χ0) is 14.1. The van der Waals surface area contributed by atoms with Gasteiger partial charge in [-0.05, 0) is 6.08 Å². The molecule has 0 amide bonds. The molecule has 0 aliphatic rings. The van der Waals surface area contributed by atoms with Gasteiger partial charge in [-0.25, -0.2) is 4.57 Å². The maximum Gasteiger partial charge on any atom is 0.472 e. The van der Waals surface area contributed by atoms with E-state index in [2.05, 4.69) is 15.6 Å². The van der Waals surface area contributed by atoms with Crippen LogP contribution >= 0.6 is 7.82 Å². The van der Waals surface area contributed by atoms with Gasteiger partial charge >= 0.3 is 7.82 Å². The van der Waals surface area contributed by atoms with E-state index in [1.54, 1.807) is 0 Å². The third kappa shape index (κ3) is 17.9. The van der Waals surface area contributed by atoms with Crippen molar-refractivity contribution in [2.45, 2.75) is 0 Å². The molecule has 8 heteroatoms. The van der Waals surface area contributed by atoms with Crippen LogP contribution in [-0.4, -0.2) is 56.8 Å². The molecule has 0 saturated heterocycles. The first kappa shape index (κ1) is 18.6. The number of carboxylic acids is 1. The van der Waals surface area contributed by atoms with Crippen molar-refractivity contribution in [2.75, 3.05) is 41.4 Å². The van der Waals surface area contributed by atoms with Gasteiger partial charge in [0.05, 0.1) is 27.1 Å². The highest BCUT2D eigenvalue weighted by Gasteiger charge is 2.19. The number of quaternary nitrogens is 1. The molecule has 1 unspecified atom stereocenters. The summed E-state index contributed by atoms with van der Waals surface area (Å²) in [6.07, 6.45) is 0.722. The first-order valence-corrected chi connectivity index (χ1v) is 6.20. The number of phosphoric acid groups is 1. The summed E-state index contributed by atoms with van der Waals surface area (Å²) in [4.78, 5) is 18.0. The van der Waals surface area contributed by atoms with Crippen LogP contribution in [0.1, 0.15) is 0 Å². The van der Waals surface area contributed by atoms with Crippen molar-refractivity contribution in [3.8, 4) is 0 Å². The molecule has 0 bridgehead atoms. The Balaban J connectivity index is 0. The predicted molar refractivity (Wildman–Crippen MR) is 60.9 cm³/mol. The number of likely N-dealkylation sites (N-methyl/N-ethyl adjacent to an activating group) is 1. The van der Waals surface area contributed by atoms with E-state index in [-0.39, 0.29) is 6.61 Å². The van der Waals surface area contributed by atoms with Gasteiger partial charge in [0.15, 0.2) is 0 Å². The number of rotatable bonds is 6. The van der Waals surface area contributed by atoms with Crippen LogP contribution in [0.5, 0.6) is 0 Å². The van der Waals surface area contributed by atoms with E-state index in [0.29, 0.717) is 11.0 Å². The second-order valence-electron chi connectivity index (χ2n) is 4.02. The van der Waals surface area contributed by atoms with Crippen molar-refractivity contribution in [1.82, 2.24) is 0 Å². The summed E-state index contributed by atoms with van der Waals surface area (Å²) in [7, 11) is 3.29. The molecule has 0 aromatic rings. The van der Waals surface area contributed by atoms with E-state index in [0.717, 1.165) is 13.2 Å². The molecule has 17 heavy (non-hydrogen) atoms. The molecular weight excluding hydrogens is 249 g/mol. The fraction of sp³-hybridized carbons (Fsp3) is 0.667. The third-order valence-corrected chi connectivity index (χ3v) is 2.38. The zero-order valence-corrected chi connectivity index (χ0v) is 11.5. The molecule has 0 aromatic carbocycles. The molecule has 0 fully saturated rings. The van der Waals surface area contributed by atoms with Crippen LogP contribution in [0.25, 0.3) is 0 Å². The van der Waals surface area contributed by atoms with E-state index in [1.165, 1.54) is 0 Å². The first-order valence-electron chi connectivity index (χ1n) is 4.71. The van der Waals surface area contributed by atoms with Crippen LogP contribution in [0.2, 0.25) is 0 Å². The summed E-state index contributed by atoms with van der Waals surface area (Å²) < 4.78 is 20.3. The van der Waals surface area contributed by atoms with E-state index < -0.39 is 13.8 Å². The number of hydrogen-bond acceptors (Lipinski definition) is 5. The van der Waals surface area contributed by atoms with Crippen molar-refractivity contribution in [3.05, 3.63) is 12.7 Å². The lowest BCUT2D eigenvalue weighted by Crippen LogP contribution is -2.37. The number of hydrogen-bond donors (Lipinski definition) is 1. The predicted octanol–water partition coefficient (Wildman–Crippen LogP) is -0.622. The molecule has 0 aliphatic heterocycles. The third-order valence-electron chi connectivity index (χ3n) is 1.41. The topological polar surface area (TPSA) is 95.9 Å². The standard InChI is InChI=1S/C6H16NO4P.C3H4O2/c1-7(2,3)5-6-11-12(8,9)10-4;1-2-3(4)5/h5-6H2,1-4H3;2H,1H2,(H,4,5). The Hall–Kier alpha value is -0.720. The molecule has 102 valence electrons. The Morgan fingerprint density at radius 2 is 1.94 bits per heavy atom. The number of carbonyl (C=O) groups is 1. The van der Waals surface area contributed by atoms with E-state index >= 15 is 0 Å². The number of nitrogens with zero attached hydrogens (tertiary/aromatic N) is 1. The van der Waals surface area contributed by atoms with E-state index in [1.807, 2.05) is 21.1 Å².